The van der Waals surface area contributed by atoms with Crippen LogP contribution in [0.4, 0.5) is 24.5 Å². The number of aryl methyl sites for hydroxylation is 1. The van der Waals surface area contributed by atoms with Crippen LogP contribution in [0.5, 0.6) is 0 Å². The predicted octanol–water partition coefficient (Wildman–Crippen LogP) is 4.54. The summed E-state index contributed by atoms with van der Waals surface area (Å²) in [5, 5.41) is 2.46. The Labute approximate surface area is 156 Å². The Kier molecular flexibility index (Phi) is 5.67. The third-order valence-corrected chi connectivity index (χ3v) is 5.54. The van der Waals surface area contributed by atoms with Gasteiger partial charge in [-0.3, -0.25) is 9.52 Å². The number of carbonyl (C=O) groups excluding carboxylic acids is 1. The third-order valence-electron chi connectivity index (χ3n) is 3.32. The molecule has 0 fully saturated rings. The lowest BCUT2D eigenvalue weighted by Crippen LogP contribution is -2.16. The number of benzene rings is 2. The van der Waals surface area contributed by atoms with Crippen LogP contribution in [0.2, 0.25) is 0 Å². The zero-order valence-corrected chi connectivity index (χ0v) is 16.0. The molecule has 0 radical (unpaired) electrons. The Morgan fingerprint density at radius 1 is 1.08 bits per heavy atom. The summed E-state index contributed by atoms with van der Waals surface area (Å²) < 4.78 is 66.0. The Hall–Kier alpha value is -2.07. The van der Waals surface area contributed by atoms with Crippen LogP contribution in [0.15, 0.2) is 45.8 Å². The number of nitrogens with one attached hydrogen (secondary N) is 2. The largest absolute Gasteiger partial charge is 0.417 e. The van der Waals surface area contributed by atoms with Crippen molar-refractivity contribution in [1.29, 1.82) is 0 Å². The van der Waals surface area contributed by atoms with Gasteiger partial charge in [-0.05, 0) is 42.8 Å². The molecule has 0 aliphatic carbocycles. The second-order valence-corrected chi connectivity index (χ2v) is 7.96. The number of alkyl halides is 3. The van der Waals surface area contributed by atoms with Crippen LogP contribution < -0.4 is 10.0 Å². The van der Waals surface area contributed by atoms with Gasteiger partial charge in [-0.15, -0.1) is 0 Å². The SMILES string of the molecule is CC(=O)Nc1ccc(C)c(S(=O)(=O)Nc2ccc(Br)c(C(F)(F)F)c2)c1. The van der Waals surface area contributed by atoms with E-state index in [-0.39, 0.29) is 26.7 Å². The molecule has 10 heteroatoms. The molecule has 1 amide bonds. The molecule has 0 aliphatic rings. The molecular weight excluding hydrogens is 437 g/mol. The van der Waals surface area contributed by atoms with Crippen LogP contribution in [0.25, 0.3) is 0 Å². The molecule has 0 saturated heterocycles. The van der Waals surface area contributed by atoms with Crippen LogP contribution in [0.1, 0.15) is 18.1 Å². The first kappa shape index (κ1) is 20.2. The van der Waals surface area contributed by atoms with Gasteiger partial charge in [-0.2, -0.15) is 13.2 Å². The first-order valence-electron chi connectivity index (χ1n) is 7.18. The molecule has 2 aromatic carbocycles. The molecule has 5 nitrogen and oxygen atoms in total. The number of carbonyl (C=O) groups is 1. The predicted molar refractivity (Wildman–Crippen MR) is 95.4 cm³/mol. The highest BCUT2D eigenvalue weighted by molar-refractivity contribution is 9.10. The van der Waals surface area contributed by atoms with Crippen molar-refractivity contribution in [2.24, 2.45) is 0 Å². The van der Waals surface area contributed by atoms with E-state index in [0.717, 1.165) is 6.07 Å². The summed E-state index contributed by atoms with van der Waals surface area (Å²) in [6, 6.07) is 7.28. The van der Waals surface area contributed by atoms with Gasteiger partial charge in [-0.1, -0.05) is 22.0 Å². The van der Waals surface area contributed by atoms with Crippen molar-refractivity contribution in [2.75, 3.05) is 10.0 Å². The maximum atomic E-state index is 13.0. The van der Waals surface area contributed by atoms with Crippen molar-refractivity contribution in [1.82, 2.24) is 0 Å². The van der Waals surface area contributed by atoms with Gasteiger partial charge in [0, 0.05) is 22.8 Å². The average Bonchev–Trinajstić information content (AvgIpc) is 2.49. The molecule has 0 spiro atoms. The first-order chi connectivity index (χ1) is 11.9. The average molecular weight is 451 g/mol. The summed E-state index contributed by atoms with van der Waals surface area (Å²) in [6.45, 7) is 2.81. The Morgan fingerprint density at radius 3 is 2.27 bits per heavy atom. The molecule has 140 valence electrons. The number of rotatable bonds is 4. The molecule has 2 N–H and O–H groups in total. The standard InChI is InChI=1S/C16H14BrF3N2O3S/c1-9-3-4-11(21-10(2)23)8-15(9)26(24,25)22-12-5-6-14(17)13(7-12)16(18,19)20/h3-8,22H,1-2H3,(H,21,23). The van der Waals surface area contributed by atoms with Gasteiger partial charge >= 0.3 is 6.18 Å². The normalized spacial score (nSPS) is 11.9. The smallest absolute Gasteiger partial charge is 0.326 e. The van der Waals surface area contributed by atoms with Crippen molar-refractivity contribution in [3.05, 3.63) is 52.0 Å². The quantitative estimate of drug-likeness (QED) is 0.717. The second kappa shape index (κ2) is 7.28. The molecule has 2 aromatic rings. The Morgan fingerprint density at radius 2 is 1.69 bits per heavy atom. The van der Waals surface area contributed by atoms with E-state index >= 15 is 0 Å². The van der Waals surface area contributed by atoms with Crippen LogP contribution in [0, 0.1) is 6.92 Å². The van der Waals surface area contributed by atoms with E-state index in [2.05, 4.69) is 26.0 Å². The van der Waals surface area contributed by atoms with Gasteiger partial charge in [0.25, 0.3) is 10.0 Å². The summed E-state index contributed by atoms with van der Waals surface area (Å²) in [5.74, 6) is -0.382. The Balaban J connectivity index is 2.42. The van der Waals surface area contributed by atoms with Crippen molar-refractivity contribution in [3.8, 4) is 0 Å². The molecular formula is C16H14BrF3N2O3S. The van der Waals surface area contributed by atoms with Gasteiger partial charge in [0.2, 0.25) is 5.91 Å². The van der Waals surface area contributed by atoms with E-state index in [4.69, 9.17) is 0 Å². The van der Waals surface area contributed by atoms with Crippen molar-refractivity contribution in [2.45, 2.75) is 24.9 Å². The maximum absolute atomic E-state index is 13.0. The summed E-state index contributed by atoms with van der Waals surface area (Å²) in [7, 11) is -4.16. The van der Waals surface area contributed by atoms with Gasteiger partial charge in [0.05, 0.1) is 10.5 Å². The number of hydrogen-bond donors (Lipinski definition) is 2. The summed E-state index contributed by atoms with van der Waals surface area (Å²) in [6.07, 6.45) is -4.64. The van der Waals surface area contributed by atoms with E-state index in [9.17, 15) is 26.4 Å². The molecule has 0 aromatic heterocycles. The van der Waals surface area contributed by atoms with Gasteiger partial charge in [0.1, 0.15) is 0 Å². The number of anilines is 2. The molecule has 26 heavy (non-hydrogen) atoms. The molecule has 0 unspecified atom stereocenters. The Bertz CT molecular complexity index is 960. The topological polar surface area (TPSA) is 75.3 Å². The number of halogens is 4. The van der Waals surface area contributed by atoms with Gasteiger partial charge in [0.15, 0.2) is 0 Å². The highest BCUT2D eigenvalue weighted by atomic mass is 79.9. The highest BCUT2D eigenvalue weighted by Gasteiger charge is 2.33. The number of sulfonamides is 1. The molecule has 0 saturated carbocycles. The first-order valence-corrected chi connectivity index (χ1v) is 9.45. The van der Waals surface area contributed by atoms with Crippen molar-refractivity contribution < 1.29 is 26.4 Å². The zero-order valence-electron chi connectivity index (χ0n) is 13.6. The third kappa shape index (κ3) is 4.76. The lowest BCUT2D eigenvalue weighted by atomic mass is 10.2. The lowest BCUT2D eigenvalue weighted by Gasteiger charge is -2.14. The molecule has 0 aliphatic heterocycles. The second-order valence-electron chi connectivity index (χ2n) is 5.46. The van der Waals surface area contributed by atoms with Crippen molar-refractivity contribution >= 4 is 43.2 Å². The lowest BCUT2D eigenvalue weighted by molar-refractivity contribution is -0.138. The fraction of sp³-hybridized carbons (Fsp3) is 0.188. The molecule has 0 heterocycles. The highest BCUT2D eigenvalue weighted by Crippen LogP contribution is 2.36. The maximum Gasteiger partial charge on any atom is 0.417 e. The van der Waals surface area contributed by atoms with E-state index in [1.54, 1.807) is 0 Å². The monoisotopic (exact) mass is 450 g/mol. The minimum atomic E-state index is -4.64. The van der Waals surface area contributed by atoms with E-state index in [1.807, 2.05) is 0 Å². The molecule has 2 rings (SSSR count). The van der Waals surface area contributed by atoms with Crippen molar-refractivity contribution in [3.63, 3.8) is 0 Å². The zero-order chi connectivity index (χ0) is 19.7. The van der Waals surface area contributed by atoms with Crippen LogP contribution in [-0.4, -0.2) is 14.3 Å². The minimum absolute atomic E-state index is 0.153. The number of amides is 1. The van der Waals surface area contributed by atoms with Crippen LogP contribution in [0.3, 0.4) is 0 Å². The van der Waals surface area contributed by atoms with Crippen LogP contribution >= 0.6 is 15.9 Å². The van der Waals surface area contributed by atoms with E-state index in [1.165, 1.54) is 38.1 Å². The number of hydrogen-bond acceptors (Lipinski definition) is 3. The minimum Gasteiger partial charge on any atom is -0.326 e. The summed E-state index contributed by atoms with van der Waals surface area (Å²) in [4.78, 5) is 11.0. The van der Waals surface area contributed by atoms with E-state index < -0.39 is 21.8 Å². The van der Waals surface area contributed by atoms with E-state index in [0.29, 0.717) is 11.6 Å². The fourth-order valence-corrected chi connectivity index (χ4v) is 3.98. The molecule has 0 bridgehead atoms. The molecule has 0 atom stereocenters. The van der Waals surface area contributed by atoms with Gasteiger partial charge in [-0.25, -0.2) is 8.42 Å². The van der Waals surface area contributed by atoms with Crippen LogP contribution in [-0.2, 0) is 21.0 Å². The summed E-state index contributed by atoms with van der Waals surface area (Å²) >= 11 is 2.80. The fourth-order valence-electron chi connectivity index (χ4n) is 2.19. The van der Waals surface area contributed by atoms with Gasteiger partial charge < -0.3 is 5.32 Å². The summed E-state index contributed by atoms with van der Waals surface area (Å²) in [5.41, 5.74) is -0.596.